The second kappa shape index (κ2) is 10.1. The molecule has 164 valence electrons. The van der Waals surface area contributed by atoms with Gasteiger partial charge in [-0.05, 0) is 55.8 Å². The molecule has 0 saturated carbocycles. The molecule has 0 amide bonds. The number of nitrogens with one attached hydrogen (secondary N) is 1. The number of nitrogens with zero attached hydrogens (tertiary/aromatic N) is 3. The van der Waals surface area contributed by atoms with Crippen molar-refractivity contribution in [1.29, 1.82) is 0 Å². The first-order valence-electron chi connectivity index (χ1n) is 10.6. The molecule has 32 heavy (non-hydrogen) atoms. The zero-order valence-corrected chi connectivity index (χ0v) is 18.1. The number of aromatic amines is 1. The van der Waals surface area contributed by atoms with Crippen molar-refractivity contribution in [3.8, 4) is 35.2 Å². The minimum absolute atomic E-state index is 0.129. The van der Waals surface area contributed by atoms with E-state index in [1.165, 1.54) is 0 Å². The first-order valence-corrected chi connectivity index (χ1v) is 10.6. The van der Waals surface area contributed by atoms with E-state index in [0.717, 1.165) is 49.3 Å². The number of piperidine rings is 1. The molecule has 0 aliphatic carbocycles. The van der Waals surface area contributed by atoms with Gasteiger partial charge in [-0.2, -0.15) is 0 Å². The first-order chi connectivity index (χ1) is 15.7. The Morgan fingerprint density at radius 3 is 2.78 bits per heavy atom. The highest BCUT2D eigenvalue weighted by atomic mass is 16.5. The number of hydrogen-bond donors (Lipinski definition) is 1. The molecule has 0 spiro atoms. The van der Waals surface area contributed by atoms with E-state index in [0.29, 0.717) is 17.3 Å². The number of likely N-dealkylation sites (tertiary alicyclic amines) is 1. The van der Waals surface area contributed by atoms with E-state index in [4.69, 9.17) is 20.9 Å². The zero-order valence-electron chi connectivity index (χ0n) is 18.1. The van der Waals surface area contributed by atoms with Crippen LogP contribution in [0.1, 0.15) is 30.0 Å². The molecule has 2 aromatic heterocycles. The molecule has 1 aliphatic heterocycles. The van der Waals surface area contributed by atoms with E-state index in [-0.39, 0.29) is 18.1 Å². The van der Waals surface area contributed by atoms with E-state index in [1.807, 2.05) is 30.3 Å². The molecule has 1 fully saturated rings. The van der Waals surface area contributed by atoms with Crippen LogP contribution in [-0.4, -0.2) is 46.7 Å². The van der Waals surface area contributed by atoms with Crippen molar-refractivity contribution in [2.75, 3.05) is 26.8 Å². The van der Waals surface area contributed by atoms with Crippen LogP contribution in [0, 0.1) is 12.3 Å². The molecule has 3 aromatic rings. The van der Waals surface area contributed by atoms with Crippen molar-refractivity contribution >= 4 is 0 Å². The molecule has 7 heteroatoms. The third-order valence-electron chi connectivity index (χ3n) is 5.65. The summed E-state index contributed by atoms with van der Waals surface area (Å²) >= 11 is 0. The fourth-order valence-corrected chi connectivity index (χ4v) is 4.02. The number of benzene rings is 1. The van der Waals surface area contributed by atoms with Gasteiger partial charge in [0, 0.05) is 36.5 Å². The van der Waals surface area contributed by atoms with Crippen molar-refractivity contribution in [2.45, 2.75) is 25.3 Å². The number of pyridine rings is 1. The predicted octanol–water partition coefficient (Wildman–Crippen LogP) is 3.23. The van der Waals surface area contributed by atoms with Gasteiger partial charge in [0.25, 0.3) is 5.56 Å². The van der Waals surface area contributed by atoms with Gasteiger partial charge >= 0.3 is 0 Å². The van der Waals surface area contributed by atoms with Crippen LogP contribution in [0.5, 0.6) is 11.5 Å². The van der Waals surface area contributed by atoms with Crippen LogP contribution in [0.3, 0.4) is 0 Å². The number of H-pyrrole nitrogens is 1. The summed E-state index contributed by atoms with van der Waals surface area (Å²) in [6.07, 6.45) is 10.6. The lowest BCUT2D eigenvalue weighted by Gasteiger charge is -2.31. The van der Waals surface area contributed by atoms with E-state index >= 15 is 0 Å². The SMILES string of the molecule is C#CCOc1ccc(CN2CCC(c3cc(=O)[nH]c(-c4cccnc4)n3)CC2)cc1OC. The highest BCUT2D eigenvalue weighted by molar-refractivity contribution is 5.52. The number of rotatable bonds is 7. The maximum atomic E-state index is 12.2. The molecule has 0 bridgehead atoms. The number of aromatic nitrogens is 3. The molecule has 1 aliphatic rings. The number of ether oxygens (including phenoxy) is 2. The summed E-state index contributed by atoms with van der Waals surface area (Å²) in [6.45, 7) is 2.89. The van der Waals surface area contributed by atoms with Gasteiger partial charge in [0.05, 0.1) is 12.8 Å². The monoisotopic (exact) mass is 430 g/mol. The lowest BCUT2D eigenvalue weighted by atomic mass is 9.93. The Morgan fingerprint density at radius 1 is 1.22 bits per heavy atom. The van der Waals surface area contributed by atoms with Gasteiger partial charge in [-0.1, -0.05) is 12.0 Å². The van der Waals surface area contributed by atoms with Crippen LogP contribution in [0.25, 0.3) is 11.4 Å². The molecular weight excluding hydrogens is 404 g/mol. The largest absolute Gasteiger partial charge is 0.493 e. The summed E-state index contributed by atoms with van der Waals surface area (Å²) < 4.78 is 11.0. The zero-order chi connectivity index (χ0) is 22.3. The molecule has 0 radical (unpaired) electrons. The number of terminal acetylenes is 1. The summed E-state index contributed by atoms with van der Waals surface area (Å²) in [6, 6.07) is 11.3. The lowest BCUT2D eigenvalue weighted by molar-refractivity contribution is 0.203. The van der Waals surface area contributed by atoms with Gasteiger partial charge < -0.3 is 14.5 Å². The van der Waals surface area contributed by atoms with Gasteiger partial charge in [0.2, 0.25) is 0 Å². The van der Waals surface area contributed by atoms with Crippen LogP contribution in [0.4, 0.5) is 0 Å². The Bertz CT molecular complexity index is 1150. The third-order valence-corrected chi connectivity index (χ3v) is 5.65. The Hall–Kier alpha value is -3.63. The molecule has 1 saturated heterocycles. The molecule has 0 unspecified atom stereocenters. The van der Waals surface area contributed by atoms with Crippen molar-refractivity contribution in [2.24, 2.45) is 0 Å². The second-order valence-electron chi connectivity index (χ2n) is 7.79. The second-order valence-corrected chi connectivity index (χ2v) is 7.79. The molecule has 0 atom stereocenters. The van der Waals surface area contributed by atoms with Crippen LogP contribution in [0.2, 0.25) is 0 Å². The van der Waals surface area contributed by atoms with Crippen molar-refractivity contribution in [3.05, 3.63) is 70.4 Å². The molecule has 3 heterocycles. The molecule has 7 nitrogen and oxygen atoms in total. The summed E-state index contributed by atoms with van der Waals surface area (Å²) in [4.78, 5) is 26.3. The highest BCUT2D eigenvalue weighted by Gasteiger charge is 2.23. The number of methoxy groups -OCH3 is 1. The van der Waals surface area contributed by atoms with Crippen molar-refractivity contribution in [1.82, 2.24) is 19.9 Å². The average molecular weight is 431 g/mol. The normalized spacial score (nSPS) is 14.6. The van der Waals surface area contributed by atoms with Crippen LogP contribution < -0.4 is 15.0 Å². The summed E-state index contributed by atoms with van der Waals surface area (Å²) in [5, 5.41) is 0. The molecule has 1 aromatic carbocycles. The summed E-state index contributed by atoms with van der Waals surface area (Å²) in [5.74, 6) is 4.63. The molecular formula is C25H26N4O3. The van der Waals surface area contributed by atoms with Crippen LogP contribution >= 0.6 is 0 Å². The lowest BCUT2D eigenvalue weighted by Crippen LogP contribution is -2.33. The topological polar surface area (TPSA) is 80.3 Å². The maximum Gasteiger partial charge on any atom is 0.251 e. The minimum Gasteiger partial charge on any atom is -0.493 e. The summed E-state index contributed by atoms with van der Waals surface area (Å²) in [7, 11) is 1.63. The van der Waals surface area contributed by atoms with Gasteiger partial charge in [-0.25, -0.2) is 4.98 Å². The van der Waals surface area contributed by atoms with Crippen molar-refractivity contribution < 1.29 is 9.47 Å². The fourth-order valence-electron chi connectivity index (χ4n) is 4.02. The Balaban J connectivity index is 1.40. The smallest absolute Gasteiger partial charge is 0.251 e. The average Bonchev–Trinajstić information content (AvgIpc) is 2.83. The fraction of sp³-hybridized carbons (Fsp3) is 0.320. The Kier molecular flexibility index (Phi) is 6.83. The van der Waals surface area contributed by atoms with Crippen LogP contribution in [0.15, 0.2) is 53.6 Å². The van der Waals surface area contributed by atoms with Gasteiger partial charge in [0.15, 0.2) is 11.5 Å². The quantitative estimate of drug-likeness (QED) is 0.580. The highest BCUT2D eigenvalue weighted by Crippen LogP contribution is 2.31. The van der Waals surface area contributed by atoms with Crippen molar-refractivity contribution in [3.63, 3.8) is 0 Å². The maximum absolute atomic E-state index is 12.2. The third kappa shape index (κ3) is 5.16. The number of hydrogen-bond acceptors (Lipinski definition) is 6. The Labute approximate surface area is 187 Å². The molecule has 4 rings (SSSR count). The first kappa shape index (κ1) is 21.6. The van der Waals surface area contributed by atoms with E-state index in [2.05, 4.69) is 20.8 Å². The Morgan fingerprint density at radius 2 is 2.06 bits per heavy atom. The van der Waals surface area contributed by atoms with E-state index < -0.39 is 0 Å². The van der Waals surface area contributed by atoms with Gasteiger partial charge in [0.1, 0.15) is 12.4 Å². The van der Waals surface area contributed by atoms with E-state index in [1.54, 1.807) is 25.6 Å². The van der Waals surface area contributed by atoms with E-state index in [9.17, 15) is 4.79 Å². The van der Waals surface area contributed by atoms with Gasteiger partial charge in [-0.3, -0.25) is 14.7 Å². The van der Waals surface area contributed by atoms with Gasteiger partial charge in [-0.15, -0.1) is 6.42 Å². The minimum atomic E-state index is -0.129. The standard InChI is InChI=1S/C25H26N4O3/c1-3-13-32-22-7-6-18(14-23(22)31-2)17-29-11-8-19(9-12-29)21-15-24(30)28-25(27-21)20-5-4-10-26-16-20/h1,4-7,10,14-16,19H,8-9,11-13,17H2,2H3,(H,27,28,30). The van der Waals surface area contributed by atoms with Crippen LogP contribution in [-0.2, 0) is 6.54 Å². The summed E-state index contributed by atoms with van der Waals surface area (Å²) in [5.41, 5.74) is 2.69. The molecule has 1 N–H and O–H groups in total. The predicted molar refractivity (Wildman–Crippen MR) is 123 cm³/mol.